The standard InChI is InChI=1S/C24H18F8N6O3/c25-18-14(20-33-7-12(8-34-20)23(27,28)29)6-11-3-5-38(22(41)16(11)19(18)26)4-1-2-13(10-39)36-15-9-35-37-21(40)17(15)24(30,31)32/h3,5-9,13,39H,1-2,4,10H2,(H2,36,37,40)/t13-/m1/s1. The van der Waals surface area contributed by atoms with Gasteiger partial charge in [-0.1, -0.05) is 0 Å². The molecule has 1 atom stereocenters. The first-order chi connectivity index (χ1) is 19.2. The van der Waals surface area contributed by atoms with Gasteiger partial charge in [0, 0.05) is 31.2 Å². The van der Waals surface area contributed by atoms with E-state index in [2.05, 4.69) is 20.4 Å². The summed E-state index contributed by atoms with van der Waals surface area (Å²) in [4.78, 5) is 31.4. The number of nitrogens with zero attached hydrogens (tertiary/aromatic N) is 4. The van der Waals surface area contributed by atoms with E-state index in [-0.39, 0.29) is 24.8 Å². The molecular weight excluding hydrogens is 572 g/mol. The van der Waals surface area contributed by atoms with Crippen LogP contribution in [0, 0.1) is 11.6 Å². The quantitative estimate of drug-likeness (QED) is 0.264. The SMILES string of the molecule is O=c1[nH]ncc(N[C@@H](CO)CCCn2ccc3cc(-c4ncc(C(F)(F)F)cn4)c(F)c(F)c3c2=O)c1C(F)(F)F. The topological polar surface area (TPSA) is 126 Å². The van der Waals surface area contributed by atoms with Crippen molar-refractivity contribution in [2.45, 2.75) is 37.8 Å². The zero-order valence-corrected chi connectivity index (χ0v) is 20.4. The molecule has 0 unspecified atom stereocenters. The molecule has 3 aromatic heterocycles. The average Bonchev–Trinajstić information content (AvgIpc) is 2.90. The van der Waals surface area contributed by atoms with Crippen LogP contribution in [0.5, 0.6) is 0 Å². The molecule has 0 amide bonds. The maximum absolute atomic E-state index is 15.0. The van der Waals surface area contributed by atoms with Crippen LogP contribution in [0.3, 0.4) is 0 Å². The summed E-state index contributed by atoms with van der Waals surface area (Å²) in [6.07, 6.45) is -6.89. The Hall–Kier alpha value is -4.41. The summed E-state index contributed by atoms with van der Waals surface area (Å²) < 4.78 is 109. The Kier molecular flexibility index (Phi) is 8.10. The molecule has 1 aromatic carbocycles. The van der Waals surface area contributed by atoms with E-state index in [1.54, 1.807) is 5.10 Å². The third kappa shape index (κ3) is 6.18. The second kappa shape index (κ2) is 11.2. The minimum atomic E-state index is -5.00. The number of aliphatic hydroxyl groups is 1. The highest BCUT2D eigenvalue weighted by atomic mass is 19.4. The van der Waals surface area contributed by atoms with Crippen LogP contribution < -0.4 is 16.4 Å². The Balaban J connectivity index is 1.54. The Morgan fingerprint density at radius 1 is 1.00 bits per heavy atom. The molecule has 0 bridgehead atoms. The number of fused-ring (bicyclic) bond motifs is 1. The van der Waals surface area contributed by atoms with Crippen LogP contribution in [0.15, 0.2) is 46.5 Å². The molecule has 0 radical (unpaired) electrons. The lowest BCUT2D eigenvalue weighted by Crippen LogP contribution is -2.30. The van der Waals surface area contributed by atoms with Gasteiger partial charge in [0.1, 0.15) is 5.56 Å². The van der Waals surface area contributed by atoms with Gasteiger partial charge in [-0.2, -0.15) is 31.4 Å². The largest absolute Gasteiger partial charge is 0.423 e. The van der Waals surface area contributed by atoms with Crippen molar-refractivity contribution in [3.63, 3.8) is 0 Å². The fourth-order valence-electron chi connectivity index (χ4n) is 4.05. The van der Waals surface area contributed by atoms with Gasteiger partial charge in [0.2, 0.25) is 0 Å². The molecule has 0 saturated carbocycles. The number of aliphatic hydroxyl groups excluding tert-OH is 1. The number of hydrogen-bond acceptors (Lipinski definition) is 7. The first kappa shape index (κ1) is 29.6. The van der Waals surface area contributed by atoms with Crippen molar-refractivity contribution in [2.24, 2.45) is 0 Å². The predicted octanol–water partition coefficient (Wildman–Crippen LogP) is 4.11. The number of aromatic nitrogens is 5. The first-order valence-electron chi connectivity index (χ1n) is 11.7. The highest BCUT2D eigenvalue weighted by Gasteiger charge is 2.37. The molecular formula is C24H18F8N6O3. The number of halogens is 8. The van der Waals surface area contributed by atoms with Gasteiger partial charge in [-0.05, 0) is 30.4 Å². The number of aromatic amines is 1. The molecule has 41 heavy (non-hydrogen) atoms. The Bertz CT molecular complexity index is 1680. The van der Waals surface area contributed by atoms with E-state index in [0.29, 0.717) is 12.4 Å². The van der Waals surface area contributed by atoms with E-state index in [1.165, 1.54) is 12.3 Å². The minimum Gasteiger partial charge on any atom is -0.394 e. The smallest absolute Gasteiger partial charge is 0.394 e. The maximum Gasteiger partial charge on any atom is 0.423 e. The first-order valence-corrected chi connectivity index (χ1v) is 11.7. The summed E-state index contributed by atoms with van der Waals surface area (Å²) in [5, 5.41) is 16.3. The molecule has 4 rings (SSSR count). The Morgan fingerprint density at radius 2 is 1.68 bits per heavy atom. The summed E-state index contributed by atoms with van der Waals surface area (Å²) in [7, 11) is 0. The van der Waals surface area contributed by atoms with Gasteiger partial charge in [-0.3, -0.25) is 9.59 Å². The summed E-state index contributed by atoms with van der Waals surface area (Å²) in [6, 6.07) is 1.28. The summed E-state index contributed by atoms with van der Waals surface area (Å²) in [6.45, 7) is -0.761. The van der Waals surface area contributed by atoms with Gasteiger partial charge in [0.05, 0.1) is 35.0 Å². The van der Waals surface area contributed by atoms with E-state index in [9.17, 15) is 49.8 Å². The summed E-state index contributed by atoms with van der Waals surface area (Å²) in [5.74, 6) is -3.66. The fraction of sp³-hybridized carbons (Fsp3) is 0.292. The summed E-state index contributed by atoms with van der Waals surface area (Å²) >= 11 is 0. The second-order valence-corrected chi connectivity index (χ2v) is 8.78. The molecule has 218 valence electrons. The van der Waals surface area contributed by atoms with E-state index in [0.717, 1.165) is 16.8 Å². The van der Waals surface area contributed by atoms with Crippen molar-refractivity contribution in [3.8, 4) is 11.4 Å². The normalized spacial score (nSPS) is 13.0. The van der Waals surface area contributed by atoms with Crippen LogP contribution in [0.25, 0.3) is 22.2 Å². The third-order valence-electron chi connectivity index (χ3n) is 6.04. The Morgan fingerprint density at radius 3 is 2.29 bits per heavy atom. The van der Waals surface area contributed by atoms with E-state index >= 15 is 0 Å². The molecule has 0 aliphatic carbocycles. The van der Waals surface area contributed by atoms with Crippen LogP contribution in [-0.4, -0.2) is 42.5 Å². The fourth-order valence-corrected chi connectivity index (χ4v) is 4.05. The van der Waals surface area contributed by atoms with Gasteiger partial charge >= 0.3 is 12.4 Å². The second-order valence-electron chi connectivity index (χ2n) is 8.78. The number of pyridine rings is 1. The van der Waals surface area contributed by atoms with Gasteiger partial charge in [0.15, 0.2) is 17.5 Å². The molecule has 0 aliphatic rings. The number of aryl methyl sites for hydroxylation is 1. The van der Waals surface area contributed by atoms with Crippen molar-refractivity contribution in [2.75, 3.05) is 11.9 Å². The predicted molar refractivity (Wildman–Crippen MR) is 128 cm³/mol. The van der Waals surface area contributed by atoms with Gasteiger partial charge in [-0.25, -0.2) is 23.8 Å². The monoisotopic (exact) mass is 590 g/mol. The van der Waals surface area contributed by atoms with Gasteiger partial charge in [0.25, 0.3) is 11.1 Å². The van der Waals surface area contributed by atoms with Crippen molar-refractivity contribution in [3.05, 3.63) is 80.4 Å². The highest BCUT2D eigenvalue weighted by molar-refractivity contribution is 5.86. The molecule has 0 fully saturated rings. The number of anilines is 1. The van der Waals surface area contributed by atoms with E-state index < -0.39 is 81.3 Å². The maximum atomic E-state index is 15.0. The zero-order chi connectivity index (χ0) is 30.1. The molecule has 3 N–H and O–H groups in total. The van der Waals surface area contributed by atoms with Crippen molar-refractivity contribution in [1.29, 1.82) is 0 Å². The zero-order valence-electron chi connectivity index (χ0n) is 20.4. The molecule has 0 aliphatic heterocycles. The van der Waals surface area contributed by atoms with Gasteiger partial charge in [-0.15, -0.1) is 0 Å². The molecule has 9 nitrogen and oxygen atoms in total. The number of benzene rings is 1. The van der Waals surface area contributed by atoms with Crippen molar-refractivity contribution in [1.82, 2.24) is 24.7 Å². The molecule has 0 spiro atoms. The molecule has 4 aromatic rings. The van der Waals surface area contributed by atoms with Crippen LogP contribution in [0.1, 0.15) is 24.0 Å². The number of nitrogens with one attached hydrogen (secondary N) is 2. The summed E-state index contributed by atoms with van der Waals surface area (Å²) in [5.41, 5.74) is -6.39. The average molecular weight is 590 g/mol. The number of alkyl halides is 6. The van der Waals surface area contributed by atoms with Crippen molar-refractivity contribution >= 4 is 16.5 Å². The van der Waals surface area contributed by atoms with Crippen LogP contribution >= 0.6 is 0 Å². The van der Waals surface area contributed by atoms with Crippen molar-refractivity contribution < 1.29 is 40.2 Å². The third-order valence-corrected chi connectivity index (χ3v) is 6.04. The minimum absolute atomic E-state index is 0.00782. The lowest BCUT2D eigenvalue weighted by molar-refractivity contribution is -0.139. The number of H-pyrrole nitrogens is 1. The lowest BCUT2D eigenvalue weighted by atomic mass is 10.1. The molecule has 0 saturated heterocycles. The molecule has 3 heterocycles. The lowest BCUT2D eigenvalue weighted by Gasteiger charge is -2.20. The van der Waals surface area contributed by atoms with Gasteiger partial charge < -0.3 is 15.0 Å². The number of hydrogen-bond donors (Lipinski definition) is 3. The van der Waals surface area contributed by atoms with E-state index in [4.69, 9.17) is 0 Å². The van der Waals surface area contributed by atoms with Crippen LogP contribution in [0.4, 0.5) is 40.8 Å². The highest BCUT2D eigenvalue weighted by Crippen LogP contribution is 2.32. The number of rotatable bonds is 8. The van der Waals surface area contributed by atoms with Crippen LogP contribution in [-0.2, 0) is 18.9 Å². The van der Waals surface area contributed by atoms with Crippen LogP contribution in [0.2, 0.25) is 0 Å². The molecule has 17 heteroatoms. The van der Waals surface area contributed by atoms with E-state index in [1.807, 2.05) is 0 Å². The Labute approximate surface area is 223 Å².